The molecule has 0 saturated heterocycles. The second kappa shape index (κ2) is 15.1. The number of anilines is 1. The van der Waals surface area contributed by atoms with Gasteiger partial charge in [0, 0.05) is 28.3 Å². The van der Waals surface area contributed by atoms with Gasteiger partial charge in [-0.15, -0.1) is 11.8 Å². The van der Waals surface area contributed by atoms with E-state index in [0.29, 0.717) is 5.56 Å². The van der Waals surface area contributed by atoms with Crippen LogP contribution in [-0.4, -0.2) is 23.2 Å². The zero-order valence-corrected chi connectivity index (χ0v) is 21.5. The lowest BCUT2D eigenvalue weighted by atomic mass is 10.1. The van der Waals surface area contributed by atoms with Gasteiger partial charge in [0.25, 0.3) is 5.91 Å². The van der Waals surface area contributed by atoms with Crippen molar-refractivity contribution in [1.82, 2.24) is 5.32 Å². The molecule has 2 aromatic carbocycles. The van der Waals surface area contributed by atoms with E-state index in [9.17, 15) is 4.79 Å². The second-order valence-electron chi connectivity index (χ2n) is 8.23. The molecule has 174 valence electrons. The number of nitrogens with one attached hydrogen (secondary N) is 2. The number of aryl methyl sites for hydroxylation is 1. The van der Waals surface area contributed by atoms with Crippen LogP contribution in [0.25, 0.3) is 0 Å². The molecule has 2 aromatic rings. The zero-order valence-electron chi connectivity index (χ0n) is 19.8. The van der Waals surface area contributed by atoms with E-state index in [0.717, 1.165) is 46.9 Å². The van der Waals surface area contributed by atoms with Gasteiger partial charge in [0.2, 0.25) is 0 Å². The normalized spacial score (nSPS) is 10.7. The number of thioether (sulfide) groups is 1. The number of hydrogen-bond acceptors (Lipinski definition) is 3. The fourth-order valence-electron chi connectivity index (χ4n) is 3.35. The van der Waals surface area contributed by atoms with Gasteiger partial charge in [0.15, 0.2) is 0 Å². The summed E-state index contributed by atoms with van der Waals surface area (Å²) < 4.78 is 0. The first-order chi connectivity index (χ1) is 15.5. The third-order valence-corrected chi connectivity index (χ3v) is 6.93. The first-order valence-corrected chi connectivity index (χ1v) is 13.4. The molecule has 0 radical (unpaired) electrons. The van der Waals surface area contributed by atoms with Crippen molar-refractivity contribution >= 4 is 40.6 Å². The topological polar surface area (TPSA) is 41.1 Å². The summed E-state index contributed by atoms with van der Waals surface area (Å²) in [6.45, 7) is 7.27. The Morgan fingerprint density at radius 2 is 1.53 bits per heavy atom. The fraction of sp³-hybridized carbons (Fsp3) is 0.481. The van der Waals surface area contributed by atoms with Gasteiger partial charge in [-0.2, -0.15) is 0 Å². The molecule has 2 N–H and O–H groups in total. The van der Waals surface area contributed by atoms with Gasteiger partial charge in [0.1, 0.15) is 4.99 Å². The predicted octanol–water partition coefficient (Wildman–Crippen LogP) is 7.77. The molecule has 2 rings (SSSR count). The largest absolute Gasteiger partial charge is 0.376 e. The minimum absolute atomic E-state index is 0.0948. The SMILES string of the molecule is CCCCCCCCSc1ccc(C(=O)Nc2cc(C(=S)NCCCC)ccc2C)cc1. The van der Waals surface area contributed by atoms with Crippen molar-refractivity contribution in [2.45, 2.75) is 77.0 Å². The molecule has 0 saturated carbocycles. The highest BCUT2D eigenvalue weighted by atomic mass is 32.2. The number of benzene rings is 2. The Hall–Kier alpha value is -1.85. The van der Waals surface area contributed by atoms with E-state index in [1.165, 1.54) is 43.4 Å². The number of carbonyl (C=O) groups is 1. The van der Waals surface area contributed by atoms with Crippen LogP contribution < -0.4 is 10.6 Å². The maximum Gasteiger partial charge on any atom is 0.255 e. The van der Waals surface area contributed by atoms with Crippen LogP contribution in [-0.2, 0) is 0 Å². The number of carbonyl (C=O) groups excluding carboxylic acids is 1. The highest BCUT2D eigenvalue weighted by Gasteiger charge is 2.10. The summed E-state index contributed by atoms with van der Waals surface area (Å²) in [5.74, 6) is 1.04. The molecule has 3 nitrogen and oxygen atoms in total. The van der Waals surface area contributed by atoms with E-state index in [-0.39, 0.29) is 5.91 Å². The summed E-state index contributed by atoms with van der Waals surface area (Å²) in [5, 5.41) is 6.34. The third-order valence-electron chi connectivity index (χ3n) is 5.45. The number of rotatable bonds is 14. The molecule has 1 amide bonds. The Bertz CT molecular complexity index is 849. The minimum Gasteiger partial charge on any atom is -0.376 e. The monoisotopic (exact) mass is 470 g/mol. The van der Waals surface area contributed by atoms with Crippen LogP contribution in [0, 0.1) is 6.92 Å². The molecule has 0 aliphatic heterocycles. The zero-order chi connectivity index (χ0) is 23.2. The van der Waals surface area contributed by atoms with Crippen LogP contribution in [0.4, 0.5) is 5.69 Å². The molecular weight excluding hydrogens is 432 g/mol. The maximum absolute atomic E-state index is 12.8. The third kappa shape index (κ3) is 9.33. The molecule has 0 atom stereocenters. The lowest BCUT2D eigenvalue weighted by Gasteiger charge is -2.13. The summed E-state index contributed by atoms with van der Waals surface area (Å²) in [7, 11) is 0. The molecule has 0 aliphatic carbocycles. The van der Waals surface area contributed by atoms with Gasteiger partial charge in [0.05, 0.1) is 0 Å². The summed E-state index contributed by atoms with van der Waals surface area (Å²) in [6.07, 6.45) is 10.1. The molecule has 0 unspecified atom stereocenters. The molecule has 5 heteroatoms. The smallest absolute Gasteiger partial charge is 0.255 e. The highest BCUT2D eigenvalue weighted by Crippen LogP contribution is 2.22. The molecule has 0 spiro atoms. The van der Waals surface area contributed by atoms with Crippen LogP contribution in [0.5, 0.6) is 0 Å². The lowest BCUT2D eigenvalue weighted by molar-refractivity contribution is 0.102. The van der Waals surface area contributed by atoms with Crippen LogP contribution in [0.1, 0.15) is 86.7 Å². The number of thiocarbonyl (C=S) groups is 1. The molecular formula is C27H38N2OS2. The minimum atomic E-state index is -0.0948. The van der Waals surface area contributed by atoms with Crippen molar-refractivity contribution in [2.24, 2.45) is 0 Å². The average Bonchev–Trinajstić information content (AvgIpc) is 2.80. The molecule has 0 fully saturated rings. The average molecular weight is 471 g/mol. The van der Waals surface area contributed by atoms with E-state index in [4.69, 9.17) is 12.2 Å². The molecule has 32 heavy (non-hydrogen) atoms. The van der Waals surface area contributed by atoms with Crippen molar-refractivity contribution in [3.05, 3.63) is 59.2 Å². The van der Waals surface area contributed by atoms with E-state index >= 15 is 0 Å². The van der Waals surface area contributed by atoms with Gasteiger partial charge >= 0.3 is 0 Å². The van der Waals surface area contributed by atoms with Crippen molar-refractivity contribution < 1.29 is 4.79 Å². The molecule has 0 aromatic heterocycles. The Morgan fingerprint density at radius 3 is 2.25 bits per heavy atom. The Morgan fingerprint density at radius 1 is 0.875 bits per heavy atom. The van der Waals surface area contributed by atoms with E-state index in [1.807, 2.05) is 61.2 Å². The van der Waals surface area contributed by atoms with Crippen LogP contribution in [0.2, 0.25) is 0 Å². The summed E-state index contributed by atoms with van der Waals surface area (Å²) in [5.41, 5.74) is 3.42. The second-order valence-corrected chi connectivity index (χ2v) is 9.81. The Balaban J connectivity index is 1.87. The van der Waals surface area contributed by atoms with E-state index < -0.39 is 0 Å². The number of hydrogen-bond donors (Lipinski definition) is 2. The van der Waals surface area contributed by atoms with Crippen LogP contribution in [0.3, 0.4) is 0 Å². The van der Waals surface area contributed by atoms with Gasteiger partial charge in [-0.3, -0.25) is 4.79 Å². The molecule has 0 aliphatic rings. The highest BCUT2D eigenvalue weighted by molar-refractivity contribution is 7.99. The van der Waals surface area contributed by atoms with Crippen LogP contribution >= 0.6 is 24.0 Å². The van der Waals surface area contributed by atoms with Crippen molar-refractivity contribution in [1.29, 1.82) is 0 Å². The Kier molecular flexibility index (Phi) is 12.4. The first kappa shape index (κ1) is 26.4. The van der Waals surface area contributed by atoms with Crippen molar-refractivity contribution in [3.63, 3.8) is 0 Å². The first-order valence-electron chi connectivity index (χ1n) is 12.0. The molecule has 0 bridgehead atoms. The summed E-state index contributed by atoms with van der Waals surface area (Å²) in [6, 6.07) is 13.9. The van der Waals surface area contributed by atoms with Crippen molar-refractivity contribution in [2.75, 3.05) is 17.6 Å². The summed E-state index contributed by atoms with van der Waals surface area (Å²) in [4.78, 5) is 14.7. The number of amides is 1. The number of unbranched alkanes of at least 4 members (excludes halogenated alkanes) is 6. The Labute approximate surface area is 204 Å². The molecule has 0 heterocycles. The lowest BCUT2D eigenvalue weighted by Crippen LogP contribution is -2.23. The quantitative estimate of drug-likeness (QED) is 0.168. The maximum atomic E-state index is 12.8. The summed E-state index contributed by atoms with van der Waals surface area (Å²) >= 11 is 7.37. The van der Waals surface area contributed by atoms with Crippen molar-refractivity contribution in [3.8, 4) is 0 Å². The van der Waals surface area contributed by atoms with Crippen LogP contribution in [0.15, 0.2) is 47.4 Å². The van der Waals surface area contributed by atoms with Gasteiger partial charge in [-0.1, -0.05) is 76.7 Å². The standard InChI is InChI=1S/C27H38N2OS2/c1-4-6-8-9-10-11-19-32-24-16-14-22(15-17-24)26(30)29-25-20-23(13-12-21(25)3)27(31)28-18-7-5-2/h12-17,20H,4-11,18-19H2,1-3H3,(H,28,31)(H,29,30). The fourth-order valence-corrected chi connectivity index (χ4v) is 4.49. The van der Waals surface area contributed by atoms with Gasteiger partial charge in [-0.25, -0.2) is 0 Å². The van der Waals surface area contributed by atoms with E-state index in [1.54, 1.807) is 0 Å². The van der Waals surface area contributed by atoms with Gasteiger partial charge in [-0.05, 0) is 61.4 Å². The van der Waals surface area contributed by atoms with E-state index in [2.05, 4.69) is 24.5 Å². The van der Waals surface area contributed by atoms with Gasteiger partial charge < -0.3 is 10.6 Å². The predicted molar refractivity (Wildman–Crippen MR) is 144 cm³/mol.